The van der Waals surface area contributed by atoms with Crippen LogP contribution in [0.15, 0.2) is 54.7 Å². The lowest BCUT2D eigenvalue weighted by Crippen LogP contribution is -2.28. The molecule has 0 saturated heterocycles. The number of ether oxygens (including phenoxy) is 1. The molecule has 2 aromatic carbocycles. The minimum absolute atomic E-state index is 0.00527. The largest absolute Gasteiger partial charge is 0.459 e. The first-order chi connectivity index (χ1) is 14.7. The van der Waals surface area contributed by atoms with E-state index in [1.165, 1.54) is 0 Å². The predicted molar refractivity (Wildman–Crippen MR) is 120 cm³/mol. The van der Waals surface area contributed by atoms with Crippen LogP contribution in [0.4, 0.5) is 38.9 Å². The highest BCUT2D eigenvalue weighted by molar-refractivity contribution is 5.76. The van der Waals surface area contributed by atoms with Crippen LogP contribution in [0.5, 0.6) is 0 Å². The molecule has 0 spiro atoms. The van der Waals surface area contributed by atoms with Gasteiger partial charge >= 0.3 is 5.97 Å². The van der Waals surface area contributed by atoms with E-state index in [9.17, 15) is 9.18 Å². The van der Waals surface area contributed by atoms with Crippen LogP contribution in [0.1, 0.15) is 20.8 Å². The first kappa shape index (κ1) is 21.8. The molecule has 8 nitrogen and oxygen atoms in total. The molecule has 162 valence electrons. The van der Waals surface area contributed by atoms with E-state index in [1.807, 2.05) is 20.8 Å². The third-order valence-corrected chi connectivity index (χ3v) is 3.87. The molecular formula is C22H25FN6O2. The van der Waals surface area contributed by atoms with Gasteiger partial charge in [-0.25, -0.2) is 9.37 Å². The van der Waals surface area contributed by atoms with Crippen molar-refractivity contribution in [2.45, 2.75) is 26.4 Å². The zero-order valence-corrected chi connectivity index (χ0v) is 17.6. The van der Waals surface area contributed by atoms with Crippen LogP contribution in [0.25, 0.3) is 0 Å². The number of nitrogens with two attached hydrogens (primary N) is 1. The standard InChI is InChI=1S/C22H25FN6O2/c1-22(2,3)31-19(30)13-25-15-7-5-9-17(11-15)27-20-18(23)12-26-21(29-20)28-16-8-4-6-14(24)10-16/h4-12,25H,13,24H2,1-3H3,(H2,26,27,28,29). The maximum atomic E-state index is 14.3. The molecule has 3 aromatic rings. The second-order valence-electron chi connectivity index (χ2n) is 7.79. The lowest BCUT2D eigenvalue weighted by molar-refractivity contribution is -0.152. The molecule has 1 heterocycles. The minimum Gasteiger partial charge on any atom is -0.459 e. The smallest absolute Gasteiger partial charge is 0.325 e. The van der Waals surface area contributed by atoms with Crippen LogP contribution < -0.4 is 21.7 Å². The summed E-state index contributed by atoms with van der Waals surface area (Å²) in [6.07, 6.45) is 1.08. The molecule has 0 aliphatic heterocycles. The molecule has 0 aliphatic rings. The first-order valence-corrected chi connectivity index (χ1v) is 9.66. The number of carbonyl (C=O) groups excluding carboxylic acids is 1. The summed E-state index contributed by atoms with van der Waals surface area (Å²) >= 11 is 0. The van der Waals surface area contributed by atoms with Crippen molar-refractivity contribution in [3.8, 4) is 0 Å². The normalized spacial score (nSPS) is 11.0. The van der Waals surface area contributed by atoms with Crippen molar-refractivity contribution in [2.24, 2.45) is 0 Å². The van der Waals surface area contributed by atoms with Crippen LogP contribution in [0, 0.1) is 5.82 Å². The van der Waals surface area contributed by atoms with Gasteiger partial charge in [0.25, 0.3) is 0 Å². The first-order valence-electron chi connectivity index (χ1n) is 9.66. The van der Waals surface area contributed by atoms with Gasteiger partial charge < -0.3 is 26.4 Å². The highest BCUT2D eigenvalue weighted by atomic mass is 19.1. The fraction of sp³-hybridized carbons (Fsp3) is 0.227. The van der Waals surface area contributed by atoms with Gasteiger partial charge in [0.05, 0.1) is 6.20 Å². The topological polar surface area (TPSA) is 114 Å². The van der Waals surface area contributed by atoms with Gasteiger partial charge in [-0.1, -0.05) is 12.1 Å². The molecular weight excluding hydrogens is 399 g/mol. The van der Waals surface area contributed by atoms with E-state index in [-0.39, 0.29) is 24.3 Å². The Morgan fingerprint density at radius 1 is 1.06 bits per heavy atom. The van der Waals surface area contributed by atoms with Crippen molar-refractivity contribution in [1.82, 2.24) is 9.97 Å². The quantitative estimate of drug-likeness (QED) is 0.325. The van der Waals surface area contributed by atoms with Gasteiger partial charge in [-0.3, -0.25) is 4.79 Å². The van der Waals surface area contributed by atoms with E-state index >= 15 is 0 Å². The molecule has 1 aromatic heterocycles. The van der Waals surface area contributed by atoms with Crippen LogP contribution in [0.2, 0.25) is 0 Å². The zero-order valence-electron chi connectivity index (χ0n) is 17.6. The molecule has 0 radical (unpaired) electrons. The molecule has 0 unspecified atom stereocenters. The highest BCUT2D eigenvalue weighted by Crippen LogP contribution is 2.23. The molecule has 0 amide bonds. The molecule has 0 bridgehead atoms. The lowest BCUT2D eigenvalue weighted by atomic mass is 10.2. The molecule has 9 heteroatoms. The Morgan fingerprint density at radius 2 is 1.74 bits per heavy atom. The number of nitrogens with zero attached hydrogens (tertiary/aromatic N) is 2. The Hall–Kier alpha value is -3.88. The second kappa shape index (κ2) is 9.29. The summed E-state index contributed by atoms with van der Waals surface area (Å²) in [5, 5.41) is 8.91. The van der Waals surface area contributed by atoms with Crippen molar-refractivity contribution in [3.05, 3.63) is 60.5 Å². The second-order valence-corrected chi connectivity index (χ2v) is 7.79. The van der Waals surface area contributed by atoms with E-state index in [0.29, 0.717) is 22.7 Å². The van der Waals surface area contributed by atoms with E-state index < -0.39 is 11.4 Å². The van der Waals surface area contributed by atoms with Crippen LogP contribution >= 0.6 is 0 Å². The summed E-state index contributed by atoms with van der Waals surface area (Å²) in [6.45, 7) is 5.43. The predicted octanol–water partition coefficient (Wildman–Crippen LogP) is 4.44. The Morgan fingerprint density at radius 3 is 2.45 bits per heavy atom. The lowest BCUT2D eigenvalue weighted by Gasteiger charge is -2.19. The van der Waals surface area contributed by atoms with Gasteiger partial charge in [0.1, 0.15) is 12.1 Å². The van der Waals surface area contributed by atoms with Gasteiger partial charge in [-0.05, 0) is 57.2 Å². The van der Waals surface area contributed by atoms with E-state index in [1.54, 1.807) is 48.5 Å². The molecule has 5 N–H and O–H groups in total. The number of hydrogen-bond donors (Lipinski definition) is 4. The number of aromatic nitrogens is 2. The average Bonchev–Trinajstić information content (AvgIpc) is 2.68. The summed E-state index contributed by atoms with van der Waals surface area (Å²) in [5.74, 6) is -0.755. The van der Waals surface area contributed by atoms with Gasteiger partial charge in [0, 0.05) is 22.7 Å². The molecule has 0 aliphatic carbocycles. The third kappa shape index (κ3) is 6.84. The number of nitrogens with one attached hydrogen (secondary N) is 3. The maximum absolute atomic E-state index is 14.3. The van der Waals surface area contributed by atoms with Crippen molar-refractivity contribution >= 4 is 40.5 Å². The number of benzene rings is 2. The number of anilines is 6. The number of carbonyl (C=O) groups is 1. The van der Waals surface area contributed by atoms with Crippen LogP contribution in [-0.4, -0.2) is 28.1 Å². The van der Waals surface area contributed by atoms with Crippen LogP contribution in [0.3, 0.4) is 0 Å². The highest BCUT2D eigenvalue weighted by Gasteiger charge is 2.16. The van der Waals surface area contributed by atoms with E-state index in [4.69, 9.17) is 10.5 Å². The third-order valence-electron chi connectivity index (χ3n) is 3.87. The molecule has 0 saturated carbocycles. The van der Waals surface area contributed by atoms with Gasteiger partial charge in [0.15, 0.2) is 11.6 Å². The fourth-order valence-corrected chi connectivity index (χ4v) is 2.66. The summed E-state index contributed by atoms with van der Waals surface area (Å²) in [5.41, 5.74) is 7.74. The van der Waals surface area contributed by atoms with Gasteiger partial charge in [-0.15, -0.1) is 0 Å². The monoisotopic (exact) mass is 424 g/mol. The van der Waals surface area contributed by atoms with Crippen molar-refractivity contribution in [2.75, 3.05) is 28.2 Å². The van der Waals surface area contributed by atoms with Crippen molar-refractivity contribution in [1.29, 1.82) is 0 Å². The maximum Gasteiger partial charge on any atom is 0.325 e. The zero-order chi connectivity index (χ0) is 22.4. The number of halogens is 1. The van der Waals surface area contributed by atoms with Gasteiger partial charge in [0.2, 0.25) is 5.95 Å². The average molecular weight is 424 g/mol. The number of hydrogen-bond acceptors (Lipinski definition) is 8. The Kier molecular flexibility index (Phi) is 6.54. The number of esters is 1. The SMILES string of the molecule is CC(C)(C)OC(=O)CNc1cccc(Nc2nc(Nc3cccc(N)c3)ncc2F)c1. The van der Waals surface area contributed by atoms with E-state index in [2.05, 4.69) is 25.9 Å². The fourth-order valence-electron chi connectivity index (χ4n) is 2.66. The van der Waals surface area contributed by atoms with Crippen LogP contribution in [-0.2, 0) is 9.53 Å². The van der Waals surface area contributed by atoms with E-state index in [0.717, 1.165) is 6.20 Å². The Labute approximate surface area is 180 Å². The number of nitrogen functional groups attached to an aromatic ring is 1. The number of rotatable bonds is 7. The Balaban J connectivity index is 1.68. The summed E-state index contributed by atoms with van der Waals surface area (Å²) < 4.78 is 19.5. The minimum atomic E-state index is -0.606. The molecule has 31 heavy (non-hydrogen) atoms. The molecule has 0 atom stereocenters. The molecule has 3 rings (SSSR count). The van der Waals surface area contributed by atoms with Crippen molar-refractivity contribution in [3.63, 3.8) is 0 Å². The van der Waals surface area contributed by atoms with Gasteiger partial charge in [-0.2, -0.15) is 4.98 Å². The summed E-state index contributed by atoms with van der Waals surface area (Å²) in [4.78, 5) is 20.0. The summed E-state index contributed by atoms with van der Waals surface area (Å²) in [6, 6.07) is 14.1. The van der Waals surface area contributed by atoms with Crippen molar-refractivity contribution < 1.29 is 13.9 Å². The summed E-state index contributed by atoms with van der Waals surface area (Å²) in [7, 11) is 0. The molecule has 0 fully saturated rings. The Bertz CT molecular complexity index is 1070.